The van der Waals surface area contributed by atoms with Gasteiger partial charge in [0, 0.05) is 38.2 Å². The summed E-state index contributed by atoms with van der Waals surface area (Å²) in [6.45, 7) is 2.30. The van der Waals surface area contributed by atoms with Gasteiger partial charge in [0.25, 0.3) is 5.91 Å². The van der Waals surface area contributed by atoms with Gasteiger partial charge in [-0.05, 0) is 43.2 Å². The van der Waals surface area contributed by atoms with Gasteiger partial charge in [-0.2, -0.15) is 5.10 Å². The topological polar surface area (TPSA) is 71.3 Å². The number of carbonyl (C=O) groups is 2. The Balaban J connectivity index is 1.33. The van der Waals surface area contributed by atoms with Crippen LogP contribution in [0.25, 0.3) is 5.69 Å². The van der Waals surface area contributed by atoms with Gasteiger partial charge in [-0.25, -0.2) is 4.68 Å². The zero-order valence-electron chi connectivity index (χ0n) is 16.6. The number of carbonyl (C=O) groups excluding carboxylic acids is 2. The number of hydrogen-bond acceptors (Lipinski definition) is 4. The smallest absolute Gasteiger partial charge is 0.256 e. The van der Waals surface area contributed by atoms with E-state index >= 15 is 0 Å². The molecule has 0 radical (unpaired) electrons. The number of benzene rings is 1. The van der Waals surface area contributed by atoms with Crippen LogP contribution in [0.15, 0.2) is 67.1 Å². The molecule has 4 heterocycles. The highest BCUT2D eigenvalue weighted by Gasteiger charge is 2.51. The average Bonchev–Trinajstić information content (AvgIpc) is 3.53. The Kier molecular flexibility index (Phi) is 4.58. The van der Waals surface area contributed by atoms with Crippen LogP contribution in [-0.2, 0) is 11.3 Å². The van der Waals surface area contributed by atoms with Crippen molar-refractivity contribution < 1.29 is 9.59 Å². The van der Waals surface area contributed by atoms with E-state index in [9.17, 15) is 9.59 Å². The molecule has 2 fully saturated rings. The molecule has 7 nitrogen and oxygen atoms in total. The van der Waals surface area contributed by atoms with Crippen molar-refractivity contribution in [1.82, 2.24) is 24.6 Å². The summed E-state index contributed by atoms with van der Waals surface area (Å²) in [5.41, 5.74) is 1.78. The molecule has 30 heavy (non-hydrogen) atoms. The van der Waals surface area contributed by atoms with Crippen molar-refractivity contribution in [3.63, 3.8) is 0 Å². The van der Waals surface area contributed by atoms with E-state index < -0.39 is 5.41 Å². The molecule has 2 saturated heterocycles. The van der Waals surface area contributed by atoms with Crippen LogP contribution in [0, 0.1) is 5.41 Å². The number of aromatic nitrogens is 3. The lowest BCUT2D eigenvalue weighted by molar-refractivity contribution is -0.135. The predicted molar refractivity (Wildman–Crippen MR) is 111 cm³/mol. The Morgan fingerprint density at radius 3 is 2.63 bits per heavy atom. The van der Waals surface area contributed by atoms with Crippen LogP contribution in [0.3, 0.4) is 0 Å². The maximum atomic E-state index is 13.3. The zero-order chi connectivity index (χ0) is 20.6. The van der Waals surface area contributed by atoms with Crippen LogP contribution >= 0.6 is 0 Å². The third-order valence-electron chi connectivity index (χ3n) is 6.21. The second-order valence-corrected chi connectivity index (χ2v) is 8.02. The number of amides is 2. The van der Waals surface area contributed by atoms with Crippen molar-refractivity contribution >= 4 is 11.8 Å². The molecule has 2 aliphatic rings. The number of nitrogens with zero attached hydrogens (tertiary/aromatic N) is 5. The summed E-state index contributed by atoms with van der Waals surface area (Å²) < 4.78 is 1.70. The first-order valence-corrected chi connectivity index (χ1v) is 10.2. The van der Waals surface area contributed by atoms with Crippen molar-refractivity contribution in [3.05, 3.63) is 78.4 Å². The molecular formula is C23H23N5O2. The third kappa shape index (κ3) is 3.16. The second kappa shape index (κ2) is 7.40. The summed E-state index contributed by atoms with van der Waals surface area (Å²) in [6.07, 6.45) is 6.76. The standard InChI is InChI=1S/C23H23N5O2/c29-21(19-7-1-2-8-20(19)28-13-5-12-25-28)27-15-10-23(17-27)9-14-26(22(23)30)16-18-6-3-4-11-24-18/h1-8,11-13H,9-10,14-17H2. The van der Waals surface area contributed by atoms with Gasteiger partial charge in [0.1, 0.15) is 0 Å². The van der Waals surface area contributed by atoms with Crippen LogP contribution in [0.1, 0.15) is 28.9 Å². The molecule has 0 bridgehead atoms. The highest BCUT2D eigenvalue weighted by atomic mass is 16.2. The van der Waals surface area contributed by atoms with Gasteiger partial charge in [-0.1, -0.05) is 18.2 Å². The minimum Gasteiger partial charge on any atom is -0.337 e. The van der Waals surface area contributed by atoms with Crippen LogP contribution in [0.5, 0.6) is 0 Å². The summed E-state index contributed by atoms with van der Waals surface area (Å²) in [7, 11) is 0. The molecule has 0 aliphatic carbocycles. The first-order valence-electron chi connectivity index (χ1n) is 10.2. The largest absolute Gasteiger partial charge is 0.337 e. The van der Waals surface area contributed by atoms with Crippen molar-refractivity contribution in [1.29, 1.82) is 0 Å². The monoisotopic (exact) mass is 401 g/mol. The number of rotatable bonds is 4. The third-order valence-corrected chi connectivity index (χ3v) is 6.21. The number of pyridine rings is 1. The van der Waals surface area contributed by atoms with E-state index in [2.05, 4.69) is 10.1 Å². The lowest BCUT2D eigenvalue weighted by atomic mass is 9.85. The van der Waals surface area contributed by atoms with E-state index in [1.165, 1.54) is 0 Å². The first kappa shape index (κ1) is 18.5. The minimum absolute atomic E-state index is 0.0473. The predicted octanol–water partition coefficient (Wildman–Crippen LogP) is 2.53. The number of para-hydroxylation sites is 1. The van der Waals surface area contributed by atoms with E-state index in [1.807, 2.05) is 64.5 Å². The maximum absolute atomic E-state index is 13.3. The molecule has 1 aromatic carbocycles. The normalized spacial score (nSPS) is 21.0. The Hall–Kier alpha value is -3.48. The molecule has 7 heteroatoms. The lowest BCUT2D eigenvalue weighted by Crippen LogP contribution is -2.38. The van der Waals surface area contributed by atoms with Gasteiger partial charge >= 0.3 is 0 Å². The molecule has 152 valence electrons. The van der Waals surface area contributed by atoms with E-state index in [1.54, 1.807) is 17.1 Å². The van der Waals surface area contributed by atoms with Gasteiger partial charge in [0.05, 0.1) is 28.9 Å². The molecule has 0 N–H and O–H groups in total. The highest BCUT2D eigenvalue weighted by Crippen LogP contribution is 2.41. The Morgan fingerprint density at radius 2 is 1.83 bits per heavy atom. The summed E-state index contributed by atoms with van der Waals surface area (Å²) in [4.78, 5) is 34.6. The van der Waals surface area contributed by atoms with Gasteiger partial charge in [0.2, 0.25) is 5.91 Å². The van der Waals surface area contributed by atoms with Crippen molar-refractivity contribution in [2.75, 3.05) is 19.6 Å². The molecule has 5 rings (SSSR count). The SMILES string of the molecule is O=C(c1ccccc1-n1cccn1)N1CCC2(CCN(Cc3ccccn3)C2=O)C1. The molecule has 3 aromatic rings. The summed E-state index contributed by atoms with van der Waals surface area (Å²) in [5.74, 6) is 0.0952. The number of hydrogen-bond donors (Lipinski definition) is 0. The maximum Gasteiger partial charge on any atom is 0.256 e. The quantitative estimate of drug-likeness (QED) is 0.674. The fourth-order valence-corrected chi connectivity index (χ4v) is 4.59. The Morgan fingerprint density at radius 1 is 1.00 bits per heavy atom. The van der Waals surface area contributed by atoms with Crippen molar-refractivity contribution in [2.24, 2.45) is 5.41 Å². The zero-order valence-corrected chi connectivity index (χ0v) is 16.6. The molecular weight excluding hydrogens is 378 g/mol. The average molecular weight is 401 g/mol. The van der Waals surface area contributed by atoms with Crippen LogP contribution < -0.4 is 0 Å². The summed E-state index contributed by atoms with van der Waals surface area (Å²) in [5, 5.41) is 4.27. The fraction of sp³-hybridized carbons (Fsp3) is 0.304. The van der Waals surface area contributed by atoms with Crippen LogP contribution in [0.4, 0.5) is 0 Å². The fourth-order valence-electron chi connectivity index (χ4n) is 4.59. The molecule has 1 unspecified atom stereocenters. The first-order chi connectivity index (χ1) is 14.7. The Bertz CT molecular complexity index is 1070. The lowest BCUT2D eigenvalue weighted by Gasteiger charge is -2.24. The molecule has 1 atom stereocenters. The summed E-state index contributed by atoms with van der Waals surface area (Å²) in [6, 6.07) is 15.1. The van der Waals surface area contributed by atoms with Crippen LogP contribution in [-0.4, -0.2) is 56.0 Å². The highest BCUT2D eigenvalue weighted by molar-refractivity contribution is 5.98. The Labute approximate surface area is 174 Å². The van der Waals surface area contributed by atoms with E-state index in [0.717, 1.165) is 17.8 Å². The van der Waals surface area contributed by atoms with Crippen molar-refractivity contribution in [3.8, 4) is 5.69 Å². The van der Waals surface area contributed by atoms with Crippen LogP contribution in [0.2, 0.25) is 0 Å². The second-order valence-electron chi connectivity index (χ2n) is 8.02. The molecule has 0 saturated carbocycles. The van der Waals surface area contributed by atoms with Gasteiger partial charge in [-0.3, -0.25) is 14.6 Å². The molecule has 2 amide bonds. The van der Waals surface area contributed by atoms with E-state index in [0.29, 0.717) is 38.2 Å². The van der Waals surface area contributed by atoms with Gasteiger partial charge in [0.15, 0.2) is 0 Å². The summed E-state index contributed by atoms with van der Waals surface area (Å²) >= 11 is 0. The minimum atomic E-state index is -0.467. The molecule has 1 spiro atoms. The number of likely N-dealkylation sites (tertiary alicyclic amines) is 2. The van der Waals surface area contributed by atoms with Gasteiger partial charge in [-0.15, -0.1) is 0 Å². The molecule has 2 aromatic heterocycles. The van der Waals surface area contributed by atoms with Gasteiger partial charge < -0.3 is 9.80 Å². The van der Waals surface area contributed by atoms with Crippen molar-refractivity contribution in [2.45, 2.75) is 19.4 Å². The van der Waals surface area contributed by atoms with E-state index in [-0.39, 0.29) is 11.8 Å². The van der Waals surface area contributed by atoms with E-state index in [4.69, 9.17) is 0 Å². The molecule has 2 aliphatic heterocycles.